The Kier molecular flexibility index (Phi) is 3.74. The predicted octanol–water partition coefficient (Wildman–Crippen LogP) is 2.05. The third kappa shape index (κ3) is 2.56. The van der Waals surface area contributed by atoms with Gasteiger partial charge >= 0.3 is 0 Å². The number of aryl methyl sites for hydroxylation is 1. The van der Waals surface area contributed by atoms with Gasteiger partial charge in [0.15, 0.2) is 0 Å². The van der Waals surface area contributed by atoms with E-state index in [4.69, 9.17) is 0 Å². The third-order valence-electron chi connectivity index (χ3n) is 4.10. The number of fused-ring (bicyclic) bond motifs is 1. The average Bonchev–Trinajstić information content (AvgIpc) is 2.97. The molecule has 0 atom stereocenters. The van der Waals surface area contributed by atoms with E-state index in [1.807, 2.05) is 25.2 Å². The van der Waals surface area contributed by atoms with Crippen molar-refractivity contribution in [2.45, 2.75) is 12.8 Å². The van der Waals surface area contributed by atoms with Gasteiger partial charge in [-0.2, -0.15) is 0 Å². The molecule has 0 bridgehead atoms. The molecule has 1 aliphatic heterocycles. The number of nitrogens with zero attached hydrogens (tertiary/aromatic N) is 2. The molecule has 0 saturated carbocycles. The first-order chi connectivity index (χ1) is 9.75. The Hall–Kier alpha value is -1.81. The van der Waals surface area contributed by atoms with Crippen molar-refractivity contribution < 1.29 is 0 Å². The Morgan fingerprint density at radius 2 is 1.95 bits per heavy atom. The standard InChI is InChI=1S/C16H21N3O/c1-18-15-7-3-2-6-13(15)14(12-16(18)20)17-8-11-19-9-4-5-10-19/h2-3,6-7,12,17H,4-5,8-11H2,1H3. The van der Waals surface area contributed by atoms with Crippen molar-refractivity contribution in [3.63, 3.8) is 0 Å². The molecule has 0 unspecified atom stereocenters. The molecule has 1 aromatic carbocycles. The van der Waals surface area contributed by atoms with Crippen LogP contribution in [-0.2, 0) is 7.05 Å². The summed E-state index contributed by atoms with van der Waals surface area (Å²) < 4.78 is 1.70. The Labute approximate surface area is 119 Å². The van der Waals surface area contributed by atoms with Crippen LogP contribution in [-0.4, -0.2) is 35.6 Å². The van der Waals surface area contributed by atoms with E-state index in [2.05, 4.69) is 16.3 Å². The lowest BCUT2D eigenvalue weighted by Gasteiger charge is -2.16. The topological polar surface area (TPSA) is 37.3 Å². The molecular weight excluding hydrogens is 250 g/mol. The minimum atomic E-state index is 0.0346. The van der Waals surface area contributed by atoms with Crippen LogP contribution in [0.4, 0.5) is 5.69 Å². The van der Waals surface area contributed by atoms with E-state index in [0.29, 0.717) is 0 Å². The molecule has 4 nitrogen and oxygen atoms in total. The van der Waals surface area contributed by atoms with Crippen molar-refractivity contribution >= 4 is 16.6 Å². The highest BCUT2D eigenvalue weighted by Crippen LogP contribution is 2.20. The van der Waals surface area contributed by atoms with Gasteiger partial charge in [0, 0.05) is 37.3 Å². The van der Waals surface area contributed by atoms with Crippen molar-refractivity contribution in [3.05, 3.63) is 40.7 Å². The largest absolute Gasteiger partial charge is 0.383 e. The number of anilines is 1. The number of likely N-dealkylation sites (tertiary alicyclic amines) is 1. The molecule has 1 aliphatic rings. The first kappa shape index (κ1) is 13.2. The van der Waals surface area contributed by atoms with Crippen molar-refractivity contribution in [3.8, 4) is 0 Å². The zero-order valence-corrected chi connectivity index (χ0v) is 11.9. The van der Waals surface area contributed by atoms with Crippen LogP contribution in [0.5, 0.6) is 0 Å². The summed E-state index contributed by atoms with van der Waals surface area (Å²) in [6.45, 7) is 4.35. The lowest BCUT2D eigenvalue weighted by Crippen LogP contribution is -2.26. The van der Waals surface area contributed by atoms with Gasteiger partial charge in [-0.3, -0.25) is 4.79 Å². The number of rotatable bonds is 4. The molecule has 0 radical (unpaired) electrons. The van der Waals surface area contributed by atoms with Crippen molar-refractivity contribution in [1.82, 2.24) is 9.47 Å². The van der Waals surface area contributed by atoms with E-state index in [0.717, 1.165) is 29.7 Å². The first-order valence-electron chi connectivity index (χ1n) is 7.31. The number of pyridine rings is 1. The van der Waals surface area contributed by atoms with E-state index < -0.39 is 0 Å². The van der Waals surface area contributed by atoms with Gasteiger partial charge in [-0.15, -0.1) is 0 Å². The fourth-order valence-electron chi connectivity index (χ4n) is 2.91. The van der Waals surface area contributed by atoms with Gasteiger partial charge in [-0.05, 0) is 32.0 Å². The van der Waals surface area contributed by atoms with Crippen LogP contribution in [0.3, 0.4) is 0 Å². The molecule has 1 saturated heterocycles. The number of para-hydroxylation sites is 1. The number of benzene rings is 1. The Morgan fingerprint density at radius 1 is 1.20 bits per heavy atom. The second-order valence-electron chi connectivity index (χ2n) is 5.45. The number of hydrogen-bond donors (Lipinski definition) is 1. The molecule has 2 heterocycles. The summed E-state index contributed by atoms with van der Waals surface area (Å²) >= 11 is 0. The minimum Gasteiger partial charge on any atom is -0.383 e. The maximum absolute atomic E-state index is 12.0. The summed E-state index contributed by atoms with van der Waals surface area (Å²) in [5.41, 5.74) is 1.96. The molecule has 3 rings (SSSR count). The SMILES string of the molecule is Cn1c(=O)cc(NCCN2CCCC2)c2ccccc21. The molecule has 2 aromatic rings. The Bertz CT molecular complexity index is 656. The van der Waals surface area contributed by atoms with Crippen molar-refractivity contribution in [2.24, 2.45) is 7.05 Å². The van der Waals surface area contributed by atoms with Crippen LogP contribution < -0.4 is 10.9 Å². The van der Waals surface area contributed by atoms with Crippen LogP contribution in [0.25, 0.3) is 10.9 Å². The second kappa shape index (κ2) is 5.67. The summed E-state index contributed by atoms with van der Waals surface area (Å²) in [7, 11) is 1.82. The van der Waals surface area contributed by atoms with Crippen LogP contribution in [0.15, 0.2) is 35.1 Å². The fraction of sp³-hybridized carbons (Fsp3) is 0.438. The normalized spacial score (nSPS) is 15.8. The average molecular weight is 271 g/mol. The lowest BCUT2D eigenvalue weighted by molar-refractivity contribution is 0.353. The molecule has 0 spiro atoms. The zero-order valence-electron chi connectivity index (χ0n) is 11.9. The molecule has 1 N–H and O–H groups in total. The molecule has 0 aliphatic carbocycles. The van der Waals surface area contributed by atoms with Gasteiger partial charge in [0.05, 0.1) is 5.52 Å². The summed E-state index contributed by atoms with van der Waals surface area (Å²) in [6, 6.07) is 9.73. The van der Waals surface area contributed by atoms with Gasteiger partial charge < -0.3 is 14.8 Å². The van der Waals surface area contributed by atoms with E-state index in [1.165, 1.54) is 25.9 Å². The fourth-order valence-corrected chi connectivity index (χ4v) is 2.91. The lowest BCUT2D eigenvalue weighted by atomic mass is 10.2. The van der Waals surface area contributed by atoms with Crippen LogP contribution in [0, 0.1) is 0 Å². The molecule has 1 fully saturated rings. The monoisotopic (exact) mass is 271 g/mol. The first-order valence-corrected chi connectivity index (χ1v) is 7.31. The molecule has 0 amide bonds. The number of nitrogens with one attached hydrogen (secondary N) is 1. The second-order valence-corrected chi connectivity index (χ2v) is 5.45. The Morgan fingerprint density at radius 3 is 2.75 bits per heavy atom. The van der Waals surface area contributed by atoms with Gasteiger partial charge in [0.2, 0.25) is 0 Å². The van der Waals surface area contributed by atoms with Crippen LogP contribution in [0.2, 0.25) is 0 Å². The zero-order chi connectivity index (χ0) is 13.9. The van der Waals surface area contributed by atoms with Gasteiger partial charge in [0.1, 0.15) is 0 Å². The molecule has 1 aromatic heterocycles. The summed E-state index contributed by atoms with van der Waals surface area (Å²) in [5, 5.41) is 4.54. The molecule has 106 valence electrons. The van der Waals surface area contributed by atoms with Gasteiger partial charge in [-0.1, -0.05) is 18.2 Å². The number of hydrogen-bond acceptors (Lipinski definition) is 3. The number of aromatic nitrogens is 1. The highest BCUT2D eigenvalue weighted by Gasteiger charge is 2.11. The van der Waals surface area contributed by atoms with Crippen LogP contribution >= 0.6 is 0 Å². The molecule has 4 heteroatoms. The maximum atomic E-state index is 12.0. The van der Waals surface area contributed by atoms with Gasteiger partial charge in [0.25, 0.3) is 5.56 Å². The molecular formula is C16H21N3O. The Balaban J connectivity index is 1.80. The summed E-state index contributed by atoms with van der Waals surface area (Å²) in [6.07, 6.45) is 2.63. The predicted molar refractivity (Wildman–Crippen MR) is 83.4 cm³/mol. The summed E-state index contributed by atoms with van der Waals surface area (Å²) in [4.78, 5) is 14.5. The summed E-state index contributed by atoms with van der Waals surface area (Å²) in [5.74, 6) is 0. The third-order valence-corrected chi connectivity index (χ3v) is 4.10. The highest BCUT2D eigenvalue weighted by atomic mass is 16.1. The molecule has 20 heavy (non-hydrogen) atoms. The van der Waals surface area contributed by atoms with Gasteiger partial charge in [-0.25, -0.2) is 0 Å². The minimum absolute atomic E-state index is 0.0346. The quantitative estimate of drug-likeness (QED) is 0.924. The highest BCUT2D eigenvalue weighted by molar-refractivity contribution is 5.91. The van der Waals surface area contributed by atoms with Crippen molar-refractivity contribution in [2.75, 3.05) is 31.5 Å². The van der Waals surface area contributed by atoms with E-state index in [1.54, 1.807) is 10.6 Å². The smallest absolute Gasteiger partial charge is 0.252 e. The van der Waals surface area contributed by atoms with Crippen LogP contribution in [0.1, 0.15) is 12.8 Å². The maximum Gasteiger partial charge on any atom is 0.252 e. The van der Waals surface area contributed by atoms with E-state index in [9.17, 15) is 4.79 Å². The van der Waals surface area contributed by atoms with Crippen molar-refractivity contribution in [1.29, 1.82) is 0 Å². The van der Waals surface area contributed by atoms with E-state index >= 15 is 0 Å². The van der Waals surface area contributed by atoms with E-state index in [-0.39, 0.29) is 5.56 Å².